The summed E-state index contributed by atoms with van der Waals surface area (Å²) in [6, 6.07) is 14.4. The molecule has 0 spiro atoms. The standard InChI is InChI=1S/C21H16F3NO5S2/c1-31(27,28)16-5-4-6-17(13-16)32(29,30)25-20(26)19-8-3-2-7-18(19)14-9-11-15(12-10-14)21(22,23)24/h2-13H,1H3,(H,25,26). The lowest BCUT2D eigenvalue weighted by Crippen LogP contribution is -2.31. The summed E-state index contributed by atoms with van der Waals surface area (Å²) in [6.45, 7) is 0. The monoisotopic (exact) mass is 483 g/mol. The molecule has 0 aliphatic rings. The molecular formula is C21H16F3NO5S2. The van der Waals surface area contributed by atoms with Crippen LogP contribution in [-0.4, -0.2) is 29.0 Å². The Balaban J connectivity index is 1.95. The number of hydrogen-bond donors (Lipinski definition) is 1. The Morgan fingerprint density at radius 2 is 1.41 bits per heavy atom. The van der Waals surface area contributed by atoms with Crippen LogP contribution in [0.4, 0.5) is 13.2 Å². The highest BCUT2D eigenvalue weighted by atomic mass is 32.2. The van der Waals surface area contributed by atoms with Gasteiger partial charge in [0.15, 0.2) is 9.84 Å². The summed E-state index contributed by atoms with van der Waals surface area (Å²) < 4.78 is 89.0. The van der Waals surface area contributed by atoms with Crippen LogP contribution in [0.2, 0.25) is 0 Å². The van der Waals surface area contributed by atoms with Crippen LogP contribution in [0.3, 0.4) is 0 Å². The lowest BCUT2D eigenvalue weighted by atomic mass is 9.98. The lowest BCUT2D eigenvalue weighted by Gasteiger charge is -2.12. The maximum Gasteiger partial charge on any atom is 0.416 e. The van der Waals surface area contributed by atoms with E-state index < -0.39 is 42.4 Å². The number of halogens is 3. The molecule has 0 heterocycles. The van der Waals surface area contributed by atoms with E-state index in [0.29, 0.717) is 0 Å². The second-order valence-electron chi connectivity index (χ2n) is 6.80. The number of amides is 1. The van der Waals surface area contributed by atoms with Gasteiger partial charge in [-0.3, -0.25) is 4.79 Å². The van der Waals surface area contributed by atoms with Crippen LogP contribution in [-0.2, 0) is 26.0 Å². The van der Waals surface area contributed by atoms with Crippen LogP contribution in [0, 0.1) is 0 Å². The average Bonchev–Trinajstić information content (AvgIpc) is 2.72. The molecule has 3 aromatic carbocycles. The zero-order valence-electron chi connectivity index (χ0n) is 16.4. The van der Waals surface area contributed by atoms with Gasteiger partial charge in [0.05, 0.1) is 15.4 Å². The molecule has 0 bridgehead atoms. The molecule has 3 aromatic rings. The van der Waals surface area contributed by atoms with Gasteiger partial charge in [-0.05, 0) is 47.5 Å². The fraction of sp³-hybridized carbons (Fsp3) is 0.0952. The van der Waals surface area contributed by atoms with Crippen molar-refractivity contribution in [2.24, 2.45) is 0 Å². The maximum atomic E-state index is 12.8. The third-order valence-corrected chi connectivity index (χ3v) is 6.90. The van der Waals surface area contributed by atoms with Gasteiger partial charge >= 0.3 is 6.18 Å². The number of carbonyl (C=O) groups excluding carboxylic acids is 1. The fourth-order valence-corrected chi connectivity index (χ4v) is 4.63. The minimum Gasteiger partial charge on any atom is -0.268 e. The quantitative estimate of drug-likeness (QED) is 0.594. The summed E-state index contributed by atoms with van der Waals surface area (Å²) in [5.74, 6) is -1.02. The highest BCUT2D eigenvalue weighted by Gasteiger charge is 2.30. The van der Waals surface area contributed by atoms with Gasteiger partial charge in [0.1, 0.15) is 0 Å². The van der Waals surface area contributed by atoms with Gasteiger partial charge < -0.3 is 0 Å². The molecular weight excluding hydrogens is 467 g/mol. The molecule has 0 aromatic heterocycles. The van der Waals surface area contributed by atoms with Gasteiger partial charge in [-0.1, -0.05) is 36.4 Å². The number of nitrogens with one attached hydrogen (secondary N) is 1. The van der Waals surface area contributed by atoms with Crippen LogP contribution in [0.25, 0.3) is 11.1 Å². The summed E-state index contributed by atoms with van der Waals surface area (Å²) in [4.78, 5) is 12.1. The van der Waals surface area contributed by atoms with Crippen molar-refractivity contribution in [2.45, 2.75) is 16.0 Å². The number of alkyl halides is 3. The normalized spacial score (nSPS) is 12.4. The highest BCUT2D eigenvalue weighted by Crippen LogP contribution is 2.32. The third-order valence-electron chi connectivity index (χ3n) is 4.47. The number of rotatable bonds is 5. The van der Waals surface area contributed by atoms with Crippen LogP contribution >= 0.6 is 0 Å². The Bertz CT molecular complexity index is 1380. The van der Waals surface area contributed by atoms with Crippen LogP contribution in [0.1, 0.15) is 15.9 Å². The van der Waals surface area contributed by atoms with Gasteiger partial charge in [-0.15, -0.1) is 0 Å². The zero-order chi connectivity index (χ0) is 23.7. The SMILES string of the molecule is CS(=O)(=O)c1cccc(S(=O)(=O)NC(=O)c2ccccc2-c2ccc(C(F)(F)F)cc2)c1. The molecule has 1 N–H and O–H groups in total. The molecule has 0 atom stereocenters. The predicted molar refractivity (Wildman–Crippen MR) is 111 cm³/mol. The summed E-state index contributed by atoms with van der Waals surface area (Å²) in [7, 11) is -8.11. The Kier molecular flexibility index (Phi) is 6.16. The molecule has 0 aliphatic carbocycles. The molecule has 0 saturated carbocycles. The van der Waals surface area contributed by atoms with E-state index in [4.69, 9.17) is 0 Å². The molecule has 32 heavy (non-hydrogen) atoms. The van der Waals surface area contributed by atoms with Crippen molar-refractivity contribution in [1.29, 1.82) is 0 Å². The number of sulfone groups is 1. The van der Waals surface area contributed by atoms with Gasteiger partial charge in [-0.25, -0.2) is 21.6 Å². The first-order chi connectivity index (χ1) is 14.8. The zero-order valence-corrected chi connectivity index (χ0v) is 18.1. The minimum atomic E-state index is -4.52. The fourth-order valence-electron chi connectivity index (χ4n) is 2.88. The van der Waals surface area contributed by atoms with E-state index in [1.54, 1.807) is 6.07 Å². The van der Waals surface area contributed by atoms with Gasteiger partial charge in [-0.2, -0.15) is 13.2 Å². The Morgan fingerprint density at radius 3 is 2.00 bits per heavy atom. The van der Waals surface area contributed by atoms with E-state index in [2.05, 4.69) is 0 Å². The Hall–Kier alpha value is -3.18. The van der Waals surface area contributed by atoms with Crippen molar-refractivity contribution >= 4 is 25.8 Å². The molecule has 0 radical (unpaired) electrons. The molecule has 11 heteroatoms. The highest BCUT2D eigenvalue weighted by molar-refractivity contribution is 7.91. The van der Waals surface area contributed by atoms with E-state index in [-0.39, 0.29) is 21.6 Å². The van der Waals surface area contributed by atoms with Crippen molar-refractivity contribution in [3.63, 3.8) is 0 Å². The number of carbonyl (C=O) groups is 1. The number of hydrogen-bond acceptors (Lipinski definition) is 5. The van der Waals surface area contributed by atoms with E-state index in [1.807, 2.05) is 4.72 Å². The lowest BCUT2D eigenvalue weighted by molar-refractivity contribution is -0.137. The van der Waals surface area contributed by atoms with Crippen molar-refractivity contribution in [3.05, 3.63) is 83.9 Å². The summed E-state index contributed by atoms with van der Waals surface area (Å²) >= 11 is 0. The van der Waals surface area contributed by atoms with E-state index in [9.17, 15) is 34.8 Å². The number of benzene rings is 3. The molecule has 0 aliphatic heterocycles. The van der Waals surface area contributed by atoms with E-state index in [0.717, 1.165) is 30.5 Å². The summed E-state index contributed by atoms with van der Waals surface area (Å²) in [6.07, 6.45) is -3.61. The van der Waals surface area contributed by atoms with Gasteiger partial charge in [0.2, 0.25) is 0 Å². The Morgan fingerprint density at radius 1 is 0.812 bits per heavy atom. The topological polar surface area (TPSA) is 97.4 Å². The minimum absolute atomic E-state index is 0.0879. The average molecular weight is 483 g/mol. The summed E-state index contributed by atoms with van der Waals surface area (Å²) in [5.41, 5.74) is -0.453. The van der Waals surface area contributed by atoms with Crippen molar-refractivity contribution < 1.29 is 34.8 Å². The molecule has 1 amide bonds. The third kappa shape index (κ3) is 5.17. The molecule has 0 saturated heterocycles. The molecule has 0 unspecified atom stereocenters. The van der Waals surface area contributed by atoms with Crippen molar-refractivity contribution in [2.75, 3.05) is 6.26 Å². The van der Waals surface area contributed by atoms with E-state index >= 15 is 0 Å². The summed E-state index contributed by atoms with van der Waals surface area (Å²) in [5, 5.41) is 0. The second kappa shape index (κ2) is 8.40. The van der Waals surface area contributed by atoms with Crippen LogP contribution in [0.15, 0.2) is 82.6 Å². The maximum absolute atomic E-state index is 12.8. The smallest absolute Gasteiger partial charge is 0.268 e. The molecule has 0 fully saturated rings. The largest absolute Gasteiger partial charge is 0.416 e. The van der Waals surface area contributed by atoms with Gasteiger partial charge in [0.25, 0.3) is 15.9 Å². The molecule has 6 nitrogen and oxygen atoms in total. The first kappa shape index (κ1) is 23.5. The second-order valence-corrected chi connectivity index (χ2v) is 10.5. The van der Waals surface area contributed by atoms with Crippen LogP contribution in [0.5, 0.6) is 0 Å². The molecule has 168 valence electrons. The van der Waals surface area contributed by atoms with Crippen molar-refractivity contribution in [1.82, 2.24) is 4.72 Å². The Labute approximate surface area is 182 Å². The number of sulfonamides is 1. The first-order valence-electron chi connectivity index (χ1n) is 8.93. The van der Waals surface area contributed by atoms with E-state index in [1.165, 1.54) is 42.5 Å². The van der Waals surface area contributed by atoms with Gasteiger partial charge in [0, 0.05) is 11.8 Å². The van der Waals surface area contributed by atoms with Crippen LogP contribution < -0.4 is 4.72 Å². The van der Waals surface area contributed by atoms with Crippen molar-refractivity contribution in [3.8, 4) is 11.1 Å². The first-order valence-corrected chi connectivity index (χ1v) is 12.3. The molecule has 3 rings (SSSR count). The predicted octanol–water partition coefficient (Wildman–Crippen LogP) is 3.89.